The highest BCUT2D eigenvalue weighted by Crippen LogP contribution is 2.37. The summed E-state index contributed by atoms with van der Waals surface area (Å²) >= 11 is 1.81. The molecule has 0 radical (unpaired) electrons. The van der Waals surface area contributed by atoms with Crippen molar-refractivity contribution in [2.75, 3.05) is 26.2 Å². The molecule has 26 heavy (non-hydrogen) atoms. The molecular formula is C21H27N3OS. The van der Waals surface area contributed by atoms with Gasteiger partial charge in [0.25, 0.3) is 0 Å². The Balaban J connectivity index is 1.32. The van der Waals surface area contributed by atoms with Gasteiger partial charge >= 0.3 is 6.03 Å². The molecule has 1 atom stereocenters. The lowest BCUT2D eigenvalue weighted by Crippen LogP contribution is -2.52. The number of nitrogens with zero attached hydrogens (tertiary/aromatic N) is 2. The number of carbonyl (C=O) groups excluding carboxylic acids is 1. The number of carbonyl (C=O) groups is 1. The van der Waals surface area contributed by atoms with Crippen LogP contribution >= 0.6 is 11.3 Å². The van der Waals surface area contributed by atoms with Gasteiger partial charge in [-0.15, -0.1) is 11.3 Å². The van der Waals surface area contributed by atoms with Crippen LogP contribution < -0.4 is 5.32 Å². The lowest BCUT2D eigenvalue weighted by molar-refractivity contribution is 0.128. The van der Waals surface area contributed by atoms with Crippen molar-refractivity contribution >= 4 is 17.4 Å². The van der Waals surface area contributed by atoms with Crippen LogP contribution in [0.25, 0.3) is 0 Å². The normalized spacial score (nSPS) is 19.8. The highest BCUT2D eigenvalue weighted by atomic mass is 32.1. The Bertz CT molecular complexity index is 691. The van der Waals surface area contributed by atoms with Gasteiger partial charge in [-0.25, -0.2) is 4.79 Å². The average molecular weight is 370 g/mol. The van der Waals surface area contributed by atoms with Crippen LogP contribution in [-0.4, -0.2) is 42.0 Å². The molecule has 1 aliphatic carbocycles. The molecule has 1 saturated heterocycles. The van der Waals surface area contributed by atoms with Crippen LogP contribution in [0.2, 0.25) is 0 Å². The monoisotopic (exact) mass is 369 g/mol. The molecule has 4 rings (SSSR count). The molecule has 1 aliphatic heterocycles. The molecule has 2 amide bonds. The number of urea groups is 1. The van der Waals surface area contributed by atoms with Crippen LogP contribution in [0.3, 0.4) is 0 Å². The van der Waals surface area contributed by atoms with Gasteiger partial charge in [0.15, 0.2) is 0 Å². The van der Waals surface area contributed by atoms with Crippen LogP contribution in [0.15, 0.2) is 47.8 Å². The fourth-order valence-corrected chi connectivity index (χ4v) is 4.61. The summed E-state index contributed by atoms with van der Waals surface area (Å²) in [6.07, 6.45) is 3.72. The first kappa shape index (κ1) is 17.6. The predicted octanol–water partition coefficient (Wildman–Crippen LogP) is 4.12. The summed E-state index contributed by atoms with van der Waals surface area (Å²) in [4.78, 5) is 18.7. The third kappa shape index (κ3) is 4.10. The SMILES string of the molecule is O=C(NC(c1ccccc1)C1CCC1)N1CCN(Cc2cccs2)CC1. The molecule has 1 aromatic heterocycles. The number of piperazine rings is 1. The first-order valence-corrected chi connectivity index (χ1v) is 10.5. The Morgan fingerprint density at radius 3 is 2.46 bits per heavy atom. The first-order valence-electron chi connectivity index (χ1n) is 9.65. The van der Waals surface area contributed by atoms with E-state index in [0.29, 0.717) is 5.92 Å². The summed E-state index contributed by atoms with van der Waals surface area (Å²) in [7, 11) is 0. The van der Waals surface area contributed by atoms with E-state index < -0.39 is 0 Å². The fraction of sp³-hybridized carbons (Fsp3) is 0.476. The number of nitrogens with one attached hydrogen (secondary N) is 1. The minimum absolute atomic E-state index is 0.0986. The molecule has 1 saturated carbocycles. The highest BCUT2D eigenvalue weighted by Gasteiger charge is 2.31. The minimum Gasteiger partial charge on any atom is -0.331 e. The van der Waals surface area contributed by atoms with Gasteiger partial charge in [0, 0.05) is 37.6 Å². The second-order valence-corrected chi connectivity index (χ2v) is 8.40. The molecule has 1 unspecified atom stereocenters. The summed E-state index contributed by atoms with van der Waals surface area (Å²) in [6, 6.07) is 15.0. The lowest BCUT2D eigenvalue weighted by atomic mass is 9.77. The van der Waals surface area contributed by atoms with E-state index in [1.807, 2.05) is 22.3 Å². The Hall–Kier alpha value is -1.85. The van der Waals surface area contributed by atoms with Crippen LogP contribution in [0.4, 0.5) is 4.79 Å². The molecule has 1 aromatic carbocycles. The van der Waals surface area contributed by atoms with E-state index in [9.17, 15) is 4.79 Å². The zero-order chi connectivity index (χ0) is 17.8. The smallest absolute Gasteiger partial charge is 0.317 e. The topological polar surface area (TPSA) is 35.6 Å². The third-order valence-corrected chi connectivity index (χ3v) is 6.54. The van der Waals surface area contributed by atoms with E-state index in [4.69, 9.17) is 0 Å². The predicted molar refractivity (Wildman–Crippen MR) is 106 cm³/mol. The zero-order valence-electron chi connectivity index (χ0n) is 15.1. The van der Waals surface area contributed by atoms with Crippen molar-refractivity contribution < 1.29 is 4.79 Å². The number of benzene rings is 1. The summed E-state index contributed by atoms with van der Waals surface area (Å²) in [5.41, 5.74) is 1.24. The van der Waals surface area contributed by atoms with Crippen LogP contribution in [0.5, 0.6) is 0 Å². The summed E-state index contributed by atoms with van der Waals surface area (Å²) < 4.78 is 0. The van der Waals surface area contributed by atoms with E-state index in [0.717, 1.165) is 32.7 Å². The van der Waals surface area contributed by atoms with E-state index >= 15 is 0 Å². The van der Waals surface area contributed by atoms with Crippen LogP contribution in [0, 0.1) is 5.92 Å². The summed E-state index contributed by atoms with van der Waals surface area (Å²) in [6.45, 7) is 4.52. The lowest BCUT2D eigenvalue weighted by Gasteiger charge is -2.38. The van der Waals surface area contributed by atoms with Gasteiger partial charge in [0.05, 0.1) is 6.04 Å². The number of thiophene rings is 1. The van der Waals surface area contributed by atoms with E-state index in [2.05, 4.69) is 52.0 Å². The Kier molecular flexibility index (Phi) is 5.56. The van der Waals surface area contributed by atoms with Gasteiger partial charge in [0.2, 0.25) is 0 Å². The number of hydrogen-bond acceptors (Lipinski definition) is 3. The van der Waals surface area contributed by atoms with Crippen molar-refractivity contribution in [3.05, 3.63) is 58.3 Å². The van der Waals surface area contributed by atoms with Crippen LogP contribution in [0.1, 0.15) is 35.7 Å². The maximum absolute atomic E-state index is 12.8. The summed E-state index contributed by atoms with van der Waals surface area (Å²) in [5.74, 6) is 0.585. The third-order valence-electron chi connectivity index (χ3n) is 5.68. The van der Waals surface area contributed by atoms with Crippen LogP contribution in [-0.2, 0) is 6.54 Å². The molecule has 138 valence electrons. The number of rotatable bonds is 5. The van der Waals surface area contributed by atoms with Gasteiger partial charge in [0.1, 0.15) is 0 Å². The molecule has 4 nitrogen and oxygen atoms in total. The van der Waals surface area contributed by atoms with Gasteiger partial charge in [-0.1, -0.05) is 42.8 Å². The second kappa shape index (κ2) is 8.23. The molecular weight excluding hydrogens is 342 g/mol. The largest absolute Gasteiger partial charge is 0.331 e. The van der Waals surface area contributed by atoms with Crippen molar-refractivity contribution in [3.63, 3.8) is 0 Å². The van der Waals surface area contributed by atoms with Crippen molar-refractivity contribution in [1.82, 2.24) is 15.1 Å². The first-order chi connectivity index (χ1) is 12.8. The van der Waals surface area contributed by atoms with Gasteiger partial charge in [-0.05, 0) is 35.8 Å². The fourth-order valence-electron chi connectivity index (χ4n) is 3.86. The van der Waals surface area contributed by atoms with Crippen molar-refractivity contribution in [2.24, 2.45) is 5.92 Å². The van der Waals surface area contributed by atoms with Crippen molar-refractivity contribution in [2.45, 2.75) is 31.8 Å². The number of hydrogen-bond donors (Lipinski definition) is 1. The molecule has 5 heteroatoms. The standard InChI is InChI=1S/C21H27N3OS/c25-21(22-20(18-8-4-9-18)17-6-2-1-3-7-17)24-13-11-23(12-14-24)16-19-10-5-15-26-19/h1-3,5-7,10,15,18,20H,4,8-9,11-14,16H2,(H,22,25). The van der Waals surface area contributed by atoms with Gasteiger partial charge in [-0.3, -0.25) is 4.90 Å². The van der Waals surface area contributed by atoms with Gasteiger partial charge < -0.3 is 10.2 Å². The number of amides is 2. The molecule has 2 heterocycles. The molecule has 0 spiro atoms. The van der Waals surface area contributed by atoms with Crippen molar-refractivity contribution in [3.8, 4) is 0 Å². The molecule has 1 N–H and O–H groups in total. The Morgan fingerprint density at radius 1 is 1.08 bits per heavy atom. The van der Waals surface area contributed by atoms with Crippen molar-refractivity contribution in [1.29, 1.82) is 0 Å². The summed E-state index contributed by atoms with van der Waals surface area (Å²) in [5, 5.41) is 5.46. The second-order valence-electron chi connectivity index (χ2n) is 7.37. The van der Waals surface area contributed by atoms with E-state index in [1.54, 1.807) is 0 Å². The molecule has 0 bridgehead atoms. The van der Waals surface area contributed by atoms with E-state index in [-0.39, 0.29) is 12.1 Å². The maximum atomic E-state index is 12.8. The zero-order valence-corrected chi connectivity index (χ0v) is 16.0. The van der Waals surface area contributed by atoms with E-state index in [1.165, 1.54) is 29.7 Å². The molecule has 2 fully saturated rings. The highest BCUT2D eigenvalue weighted by molar-refractivity contribution is 7.09. The minimum atomic E-state index is 0.0986. The molecule has 2 aliphatic rings. The quantitative estimate of drug-likeness (QED) is 0.861. The maximum Gasteiger partial charge on any atom is 0.317 e. The van der Waals surface area contributed by atoms with Gasteiger partial charge in [-0.2, -0.15) is 0 Å². The average Bonchev–Trinajstić information content (AvgIpc) is 3.14. The molecule has 2 aromatic rings. The Morgan fingerprint density at radius 2 is 1.85 bits per heavy atom. The Labute approximate surface area is 159 Å².